The molecule has 1 N–H and O–H groups in total. The Morgan fingerprint density at radius 2 is 2.08 bits per heavy atom. The fourth-order valence-corrected chi connectivity index (χ4v) is 1.35. The van der Waals surface area contributed by atoms with Crippen molar-refractivity contribution in [3.8, 4) is 0 Å². The van der Waals surface area contributed by atoms with Crippen LogP contribution in [-0.4, -0.2) is 16.0 Å². The maximum atomic E-state index is 4.16. The summed E-state index contributed by atoms with van der Waals surface area (Å²) in [5, 5.41) is 3.27. The molecule has 1 saturated carbocycles. The molecule has 1 heterocycles. The molecule has 2 unspecified atom stereocenters. The van der Waals surface area contributed by atoms with Gasteiger partial charge < -0.3 is 5.32 Å². The lowest BCUT2D eigenvalue weighted by molar-refractivity contribution is 0.913. The third-order valence-electron chi connectivity index (χ3n) is 2.04. The van der Waals surface area contributed by atoms with Crippen molar-refractivity contribution >= 4 is 28.5 Å². The maximum Gasteiger partial charge on any atom is 0.222 e. The average molecular weight is 275 g/mol. The largest absolute Gasteiger partial charge is 0.351 e. The van der Waals surface area contributed by atoms with Crippen LogP contribution in [0.5, 0.6) is 0 Å². The fraction of sp³-hybridized carbons (Fsp3) is 0.500. The van der Waals surface area contributed by atoms with E-state index in [2.05, 4.69) is 44.8 Å². The molecule has 1 aromatic rings. The number of nitrogens with zero attached hydrogens (tertiary/aromatic N) is 2. The molecule has 1 aliphatic carbocycles. The molecule has 2 atom stereocenters. The van der Waals surface area contributed by atoms with E-state index in [-0.39, 0.29) is 0 Å². The standard InChI is InChI=1S/C8H10IN3/c1-5-2-7(5)12-8-10-3-6(9)4-11-8/h3-5,7H,2H2,1H3,(H,10,11,12). The minimum Gasteiger partial charge on any atom is -0.351 e. The second-order valence-electron chi connectivity index (χ2n) is 3.19. The number of halogens is 1. The average Bonchev–Trinajstić information content (AvgIpc) is 2.72. The van der Waals surface area contributed by atoms with Gasteiger partial charge >= 0.3 is 0 Å². The van der Waals surface area contributed by atoms with Gasteiger partial charge in [-0.25, -0.2) is 9.97 Å². The van der Waals surface area contributed by atoms with Gasteiger partial charge in [0.1, 0.15) is 0 Å². The van der Waals surface area contributed by atoms with Crippen LogP contribution in [0.1, 0.15) is 13.3 Å². The van der Waals surface area contributed by atoms with Gasteiger partial charge in [0.2, 0.25) is 5.95 Å². The van der Waals surface area contributed by atoms with Gasteiger partial charge in [-0.2, -0.15) is 0 Å². The molecule has 0 spiro atoms. The lowest BCUT2D eigenvalue weighted by Gasteiger charge is -2.01. The third-order valence-corrected chi connectivity index (χ3v) is 2.60. The van der Waals surface area contributed by atoms with Gasteiger partial charge in [0.05, 0.1) is 0 Å². The van der Waals surface area contributed by atoms with Crippen LogP contribution >= 0.6 is 22.6 Å². The van der Waals surface area contributed by atoms with E-state index in [0.29, 0.717) is 6.04 Å². The molecular weight excluding hydrogens is 265 g/mol. The van der Waals surface area contributed by atoms with Crippen LogP contribution in [0.2, 0.25) is 0 Å². The number of rotatable bonds is 2. The van der Waals surface area contributed by atoms with Crippen LogP contribution in [0.4, 0.5) is 5.95 Å². The van der Waals surface area contributed by atoms with Gasteiger partial charge in [-0.1, -0.05) is 6.92 Å². The van der Waals surface area contributed by atoms with Crippen molar-refractivity contribution in [2.75, 3.05) is 5.32 Å². The van der Waals surface area contributed by atoms with E-state index >= 15 is 0 Å². The Bertz CT molecular complexity index is 272. The highest BCUT2D eigenvalue weighted by molar-refractivity contribution is 14.1. The van der Waals surface area contributed by atoms with Gasteiger partial charge in [-0.05, 0) is 34.9 Å². The lowest BCUT2D eigenvalue weighted by Crippen LogP contribution is -2.06. The van der Waals surface area contributed by atoms with Crippen LogP contribution in [-0.2, 0) is 0 Å². The van der Waals surface area contributed by atoms with Crippen LogP contribution in [0.3, 0.4) is 0 Å². The Morgan fingerprint density at radius 3 is 2.58 bits per heavy atom. The van der Waals surface area contributed by atoms with Crippen LogP contribution in [0.15, 0.2) is 12.4 Å². The fourth-order valence-electron chi connectivity index (χ4n) is 1.08. The van der Waals surface area contributed by atoms with Crippen molar-refractivity contribution < 1.29 is 0 Å². The van der Waals surface area contributed by atoms with Gasteiger partial charge in [-0.15, -0.1) is 0 Å². The first-order chi connectivity index (χ1) is 5.75. The number of anilines is 1. The first-order valence-electron chi connectivity index (χ1n) is 4.00. The molecule has 64 valence electrons. The van der Waals surface area contributed by atoms with Crippen molar-refractivity contribution in [3.05, 3.63) is 16.0 Å². The Kier molecular flexibility index (Phi) is 2.16. The summed E-state index contributed by atoms with van der Waals surface area (Å²) in [6, 6.07) is 0.602. The van der Waals surface area contributed by atoms with Crippen molar-refractivity contribution in [2.45, 2.75) is 19.4 Å². The topological polar surface area (TPSA) is 37.8 Å². The van der Waals surface area contributed by atoms with Gasteiger partial charge in [0.25, 0.3) is 0 Å². The number of hydrogen-bond donors (Lipinski definition) is 1. The number of hydrogen-bond acceptors (Lipinski definition) is 3. The zero-order valence-corrected chi connectivity index (χ0v) is 8.95. The summed E-state index contributed by atoms with van der Waals surface area (Å²) in [5.74, 6) is 1.54. The minimum absolute atomic E-state index is 0.602. The Labute approximate surface area is 85.1 Å². The van der Waals surface area contributed by atoms with Crippen molar-refractivity contribution in [3.63, 3.8) is 0 Å². The Hall–Kier alpha value is -0.390. The summed E-state index contributed by atoms with van der Waals surface area (Å²) in [7, 11) is 0. The van der Waals surface area contributed by atoms with E-state index in [4.69, 9.17) is 0 Å². The third kappa shape index (κ3) is 1.85. The van der Waals surface area contributed by atoms with Crippen LogP contribution < -0.4 is 5.32 Å². The summed E-state index contributed by atoms with van der Waals surface area (Å²) in [5.41, 5.74) is 0. The van der Waals surface area contributed by atoms with Crippen LogP contribution in [0, 0.1) is 9.49 Å². The second-order valence-corrected chi connectivity index (χ2v) is 4.43. The molecule has 0 aromatic carbocycles. The summed E-state index contributed by atoms with van der Waals surface area (Å²) in [4.78, 5) is 8.33. The second kappa shape index (κ2) is 3.16. The predicted molar refractivity (Wildman–Crippen MR) is 55.9 cm³/mol. The predicted octanol–water partition coefficient (Wildman–Crippen LogP) is 1.90. The van der Waals surface area contributed by atoms with Gasteiger partial charge in [0.15, 0.2) is 0 Å². The molecule has 3 nitrogen and oxygen atoms in total. The molecule has 0 bridgehead atoms. The van der Waals surface area contributed by atoms with Gasteiger partial charge in [-0.3, -0.25) is 0 Å². The summed E-state index contributed by atoms with van der Waals surface area (Å²) in [6.45, 7) is 2.23. The molecule has 0 saturated heterocycles. The highest BCUT2D eigenvalue weighted by atomic mass is 127. The molecule has 0 radical (unpaired) electrons. The first-order valence-corrected chi connectivity index (χ1v) is 5.07. The lowest BCUT2D eigenvalue weighted by atomic mass is 10.5. The summed E-state index contributed by atoms with van der Waals surface area (Å²) >= 11 is 2.20. The molecule has 1 fully saturated rings. The number of aromatic nitrogens is 2. The highest BCUT2D eigenvalue weighted by Crippen LogP contribution is 2.31. The molecular formula is C8H10IN3. The van der Waals surface area contributed by atoms with Crippen LogP contribution in [0.25, 0.3) is 0 Å². The normalized spacial score (nSPS) is 26.8. The van der Waals surface area contributed by atoms with Crippen molar-refractivity contribution in [1.29, 1.82) is 0 Å². The Morgan fingerprint density at radius 1 is 1.50 bits per heavy atom. The minimum atomic E-state index is 0.602. The number of nitrogens with one attached hydrogen (secondary N) is 1. The van der Waals surface area contributed by atoms with Crippen molar-refractivity contribution in [2.24, 2.45) is 5.92 Å². The highest BCUT2D eigenvalue weighted by Gasteiger charge is 2.32. The van der Waals surface area contributed by atoms with E-state index < -0.39 is 0 Å². The molecule has 12 heavy (non-hydrogen) atoms. The summed E-state index contributed by atoms with van der Waals surface area (Å²) in [6.07, 6.45) is 4.89. The molecule has 2 rings (SSSR count). The molecule has 0 aliphatic heterocycles. The van der Waals surface area contributed by atoms with E-state index in [9.17, 15) is 0 Å². The first kappa shape index (κ1) is 8.22. The zero-order chi connectivity index (χ0) is 8.55. The molecule has 0 amide bonds. The maximum absolute atomic E-state index is 4.16. The SMILES string of the molecule is CC1CC1Nc1ncc(I)cn1. The Balaban J connectivity index is 2.00. The smallest absolute Gasteiger partial charge is 0.222 e. The zero-order valence-electron chi connectivity index (χ0n) is 6.79. The quantitative estimate of drug-likeness (QED) is 0.838. The van der Waals surface area contributed by atoms with E-state index in [1.54, 1.807) is 0 Å². The van der Waals surface area contributed by atoms with E-state index in [1.165, 1.54) is 6.42 Å². The monoisotopic (exact) mass is 275 g/mol. The summed E-state index contributed by atoms with van der Waals surface area (Å²) < 4.78 is 1.07. The van der Waals surface area contributed by atoms with Gasteiger partial charge in [0, 0.05) is 22.0 Å². The van der Waals surface area contributed by atoms with Crippen molar-refractivity contribution in [1.82, 2.24) is 9.97 Å². The van der Waals surface area contributed by atoms with E-state index in [1.807, 2.05) is 12.4 Å². The van der Waals surface area contributed by atoms with E-state index in [0.717, 1.165) is 15.4 Å². The molecule has 1 aromatic heterocycles. The molecule has 4 heteroatoms. The molecule has 1 aliphatic rings.